The molecule has 0 saturated carbocycles. The van der Waals surface area contributed by atoms with Crippen molar-refractivity contribution in [3.8, 4) is 10.4 Å². The molecule has 180 valence electrons. The highest BCUT2D eigenvalue weighted by atomic mass is 32.1. The highest BCUT2D eigenvalue weighted by Crippen LogP contribution is 2.30. The highest BCUT2D eigenvalue weighted by Gasteiger charge is 2.33. The number of amides is 2. The summed E-state index contributed by atoms with van der Waals surface area (Å²) in [6.45, 7) is 9.74. The lowest BCUT2D eigenvalue weighted by Gasteiger charge is -2.45. The molecular formula is C25H27N7O2S. The van der Waals surface area contributed by atoms with E-state index in [1.54, 1.807) is 36.1 Å². The first kappa shape index (κ1) is 23.1. The summed E-state index contributed by atoms with van der Waals surface area (Å²) in [5.74, 6) is -0.507. The van der Waals surface area contributed by atoms with Crippen molar-refractivity contribution < 1.29 is 9.59 Å². The summed E-state index contributed by atoms with van der Waals surface area (Å²) >= 11 is 1.48. The van der Waals surface area contributed by atoms with Crippen molar-refractivity contribution in [1.29, 1.82) is 0 Å². The predicted molar refractivity (Wildman–Crippen MR) is 136 cm³/mol. The van der Waals surface area contributed by atoms with E-state index in [1.807, 2.05) is 18.3 Å². The Bertz CT molecular complexity index is 1390. The molecular weight excluding hydrogens is 462 g/mol. The van der Waals surface area contributed by atoms with Crippen LogP contribution in [0.4, 0.5) is 5.69 Å². The van der Waals surface area contributed by atoms with Gasteiger partial charge in [-0.15, -0.1) is 11.3 Å². The van der Waals surface area contributed by atoms with E-state index in [0.29, 0.717) is 34.5 Å². The van der Waals surface area contributed by atoms with Crippen LogP contribution in [-0.2, 0) is 0 Å². The van der Waals surface area contributed by atoms with Gasteiger partial charge < -0.3 is 15.5 Å². The van der Waals surface area contributed by atoms with Crippen LogP contribution < -0.4 is 10.6 Å². The fourth-order valence-electron chi connectivity index (χ4n) is 4.32. The van der Waals surface area contributed by atoms with Gasteiger partial charge in [0.15, 0.2) is 0 Å². The molecule has 5 rings (SSSR count). The first-order chi connectivity index (χ1) is 16.8. The van der Waals surface area contributed by atoms with Gasteiger partial charge in [-0.05, 0) is 36.1 Å². The maximum atomic E-state index is 13.1. The van der Waals surface area contributed by atoms with Crippen LogP contribution in [0.5, 0.6) is 0 Å². The van der Waals surface area contributed by atoms with Crippen molar-refractivity contribution >= 4 is 33.7 Å². The number of thiazole rings is 1. The van der Waals surface area contributed by atoms with Crippen LogP contribution in [0.25, 0.3) is 15.3 Å². The number of carbonyl (C=O) groups excluding carboxylic acids is 2. The van der Waals surface area contributed by atoms with Gasteiger partial charge in [0, 0.05) is 51.0 Å². The van der Waals surface area contributed by atoms with Gasteiger partial charge in [0.1, 0.15) is 4.83 Å². The molecule has 9 nitrogen and oxygen atoms in total. The third kappa shape index (κ3) is 4.94. The van der Waals surface area contributed by atoms with Crippen LogP contribution in [0, 0.1) is 12.3 Å². The number of aryl methyl sites for hydroxylation is 1. The quantitative estimate of drug-likeness (QED) is 0.412. The Hall–Kier alpha value is -3.63. The fraction of sp³-hybridized carbons (Fsp3) is 0.320. The standard InChI is InChI=1S/C25H27N7O2S/c1-16-20(10-18(11-28-16)22(33)27-8-9-31-14-25(2,3)15-31)30-23(34)19-12-29-32-13-21(35-24(19)32)17-4-6-26-7-5-17/h4-7,10-13H,8-9,14-15H2,1-3H3,(H,27,33)(H,30,34). The van der Waals surface area contributed by atoms with Gasteiger partial charge in [0.25, 0.3) is 11.8 Å². The third-order valence-electron chi connectivity index (χ3n) is 6.02. The van der Waals surface area contributed by atoms with Crippen LogP contribution in [0.15, 0.2) is 49.2 Å². The van der Waals surface area contributed by atoms with Crippen molar-refractivity contribution in [1.82, 2.24) is 29.8 Å². The molecule has 2 amide bonds. The number of likely N-dealkylation sites (tertiary alicyclic amines) is 1. The van der Waals surface area contributed by atoms with Gasteiger partial charge in [-0.3, -0.25) is 19.6 Å². The Morgan fingerprint density at radius 3 is 2.66 bits per heavy atom. The lowest BCUT2D eigenvalue weighted by molar-refractivity contribution is 0.0323. The Morgan fingerprint density at radius 1 is 1.14 bits per heavy atom. The Labute approximate surface area is 207 Å². The second-order valence-corrected chi connectivity index (χ2v) is 10.6. The molecule has 1 saturated heterocycles. The number of hydrogen-bond donors (Lipinski definition) is 2. The van der Waals surface area contributed by atoms with Crippen molar-refractivity contribution in [2.75, 3.05) is 31.5 Å². The van der Waals surface area contributed by atoms with E-state index in [9.17, 15) is 9.59 Å². The molecule has 5 heterocycles. The normalized spacial score (nSPS) is 15.1. The van der Waals surface area contributed by atoms with Crippen molar-refractivity contribution in [3.63, 3.8) is 0 Å². The molecule has 0 atom stereocenters. The van der Waals surface area contributed by atoms with E-state index in [0.717, 1.165) is 34.9 Å². The van der Waals surface area contributed by atoms with Crippen LogP contribution in [0.1, 0.15) is 40.3 Å². The zero-order chi connectivity index (χ0) is 24.6. The number of carbonyl (C=O) groups is 2. The number of nitrogens with zero attached hydrogens (tertiary/aromatic N) is 5. The Balaban J connectivity index is 1.26. The number of anilines is 1. The number of hydrogen-bond acceptors (Lipinski definition) is 7. The predicted octanol–water partition coefficient (Wildman–Crippen LogP) is 3.49. The largest absolute Gasteiger partial charge is 0.351 e. The number of fused-ring (bicyclic) bond motifs is 1. The molecule has 1 aliphatic heterocycles. The number of rotatable bonds is 7. The molecule has 0 aliphatic carbocycles. The minimum atomic E-state index is -0.300. The zero-order valence-corrected chi connectivity index (χ0v) is 20.7. The summed E-state index contributed by atoms with van der Waals surface area (Å²) < 4.78 is 1.70. The number of pyridine rings is 2. The average Bonchev–Trinajstić information content (AvgIpc) is 3.41. The van der Waals surface area contributed by atoms with Crippen LogP contribution in [0.2, 0.25) is 0 Å². The summed E-state index contributed by atoms with van der Waals surface area (Å²) in [6.07, 6.45) is 8.44. The second kappa shape index (κ2) is 9.20. The third-order valence-corrected chi connectivity index (χ3v) is 7.18. The minimum absolute atomic E-state index is 0.207. The molecule has 10 heteroatoms. The molecule has 0 bridgehead atoms. The van der Waals surface area contributed by atoms with Gasteiger partial charge in [0.05, 0.1) is 33.6 Å². The monoisotopic (exact) mass is 489 g/mol. The van der Waals surface area contributed by atoms with E-state index in [-0.39, 0.29) is 11.8 Å². The van der Waals surface area contributed by atoms with Gasteiger partial charge >= 0.3 is 0 Å². The number of aromatic nitrogens is 4. The van der Waals surface area contributed by atoms with Gasteiger partial charge in [-0.2, -0.15) is 5.10 Å². The molecule has 0 unspecified atom stereocenters. The van der Waals surface area contributed by atoms with Crippen LogP contribution in [0.3, 0.4) is 0 Å². The van der Waals surface area contributed by atoms with Crippen molar-refractivity contribution in [3.05, 3.63) is 66.0 Å². The maximum Gasteiger partial charge on any atom is 0.260 e. The van der Waals surface area contributed by atoms with Gasteiger partial charge in [-0.25, -0.2) is 4.52 Å². The van der Waals surface area contributed by atoms with E-state index in [2.05, 4.69) is 44.4 Å². The van der Waals surface area contributed by atoms with Crippen molar-refractivity contribution in [2.24, 2.45) is 5.41 Å². The van der Waals surface area contributed by atoms with Gasteiger partial charge in [-0.1, -0.05) is 13.8 Å². The molecule has 0 aromatic carbocycles. The smallest absolute Gasteiger partial charge is 0.260 e. The number of nitrogens with one attached hydrogen (secondary N) is 2. The van der Waals surface area contributed by atoms with Crippen molar-refractivity contribution in [2.45, 2.75) is 20.8 Å². The second-order valence-electron chi connectivity index (χ2n) is 9.58. The van der Waals surface area contributed by atoms with Crippen LogP contribution >= 0.6 is 11.3 Å². The molecule has 1 aliphatic rings. The fourth-order valence-corrected chi connectivity index (χ4v) is 5.38. The van der Waals surface area contributed by atoms with E-state index >= 15 is 0 Å². The van der Waals surface area contributed by atoms with E-state index in [4.69, 9.17) is 0 Å². The summed E-state index contributed by atoms with van der Waals surface area (Å²) in [5, 5.41) is 10.2. The Morgan fingerprint density at radius 2 is 1.91 bits per heavy atom. The van der Waals surface area contributed by atoms with Crippen LogP contribution in [-0.4, -0.2) is 62.5 Å². The lowest BCUT2D eigenvalue weighted by atomic mass is 9.84. The van der Waals surface area contributed by atoms with E-state index in [1.165, 1.54) is 17.5 Å². The first-order valence-corrected chi connectivity index (χ1v) is 12.3. The first-order valence-electron chi connectivity index (χ1n) is 11.5. The minimum Gasteiger partial charge on any atom is -0.351 e. The summed E-state index contributed by atoms with van der Waals surface area (Å²) in [6, 6.07) is 5.50. The average molecular weight is 490 g/mol. The molecule has 4 aromatic heterocycles. The summed E-state index contributed by atoms with van der Waals surface area (Å²) in [4.78, 5) is 38.2. The highest BCUT2D eigenvalue weighted by molar-refractivity contribution is 7.21. The summed E-state index contributed by atoms with van der Waals surface area (Å²) in [7, 11) is 0. The molecule has 0 radical (unpaired) electrons. The molecule has 35 heavy (non-hydrogen) atoms. The molecule has 1 fully saturated rings. The molecule has 2 N–H and O–H groups in total. The topological polar surface area (TPSA) is 105 Å². The lowest BCUT2D eigenvalue weighted by Crippen LogP contribution is -2.54. The summed E-state index contributed by atoms with van der Waals surface area (Å²) in [5.41, 5.74) is 3.37. The zero-order valence-electron chi connectivity index (χ0n) is 19.9. The maximum absolute atomic E-state index is 13.1. The SMILES string of the molecule is Cc1ncc(C(=O)NCCN2CC(C)(C)C2)cc1NC(=O)c1cnn2cc(-c3ccncc3)sc12. The van der Waals surface area contributed by atoms with Gasteiger partial charge in [0.2, 0.25) is 0 Å². The Kier molecular flexibility index (Phi) is 6.08. The van der Waals surface area contributed by atoms with E-state index < -0.39 is 0 Å². The molecule has 4 aromatic rings. The molecule has 0 spiro atoms.